The van der Waals surface area contributed by atoms with E-state index in [9.17, 15) is 0 Å². The Labute approximate surface area is 222 Å². The van der Waals surface area contributed by atoms with Gasteiger partial charge in [0.15, 0.2) is 0 Å². The van der Waals surface area contributed by atoms with E-state index in [1.165, 1.54) is 76.8 Å². The Morgan fingerprint density at radius 1 is 0.342 bits per heavy atom. The van der Waals surface area contributed by atoms with E-state index in [0.717, 1.165) is 12.8 Å². The summed E-state index contributed by atoms with van der Waals surface area (Å²) >= 11 is 0. The van der Waals surface area contributed by atoms with Gasteiger partial charge in [0, 0.05) is 0 Å². The Kier molecular flexibility index (Phi) is 4.75. The fourth-order valence-electron chi connectivity index (χ4n) is 6.66. The van der Waals surface area contributed by atoms with E-state index in [4.69, 9.17) is 0 Å². The molecule has 0 aromatic heterocycles. The molecular weight excluding hydrogens is 456 g/mol. The van der Waals surface area contributed by atoms with Crippen LogP contribution < -0.4 is 0 Å². The number of fused-ring (bicyclic) bond motifs is 7. The summed E-state index contributed by atoms with van der Waals surface area (Å²) in [4.78, 5) is 0. The SMILES string of the molecule is c1ccc(-c2c3ccccc3cc3c(-c4cc5c(c6ccccc46)-c4ccccc4CC5)cccc23)cc1. The third-order valence-corrected chi connectivity index (χ3v) is 8.33. The predicted molar refractivity (Wildman–Crippen MR) is 163 cm³/mol. The molecule has 0 saturated carbocycles. The van der Waals surface area contributed by atoms with Gasteiger partial charge < -0.3 is 0 Å². The molecule has 0 amide bonds. The highest BCUT2D eigenvalue weighted by Gasteiger charge is 2.21. The molecule has 0 bridgehead atoms. The van der Waals surface area contributed by atoms with Crippen LogP contribution in [-0.2, 0) is 12.8 Å². The number of aryl methyl sites for hydroxylation is 2. The van der Waals surface area contributed by atoms with E-state index in [-0.39, 0.29) is 0 Å². The average molecular weight is 483 g/mol. The molecule has 7 aromatic rings. The van der Waals surface area contributed by atoms with Gasteiger partial charge in [-0.05, 0) is 102 Å². The predicted octanol–water partition coefficient (Wildman–Crippen LogP) is 10.2. The summed E-state index contributed by atoms with van der Waals surface area (Å²) in [6.45, 7) is 0. The topological polar surface area (TPSA) is 0 Å². The van der Waals surface area contributed by atoms with Crippen LogP contribution in [-0.4, -0.2) is 0 Å². The molecule has 38 heavy (non-hydrogen) atoms. The maximum Gasteiger partial charge on any atom is -0.00266 e. The molecule has 0 heterocycles. The van der Waals surface area contributed by atoms with Crippen LogP contribution in [0.5, 0.6) is 0 Å². The minimum Gasteiger partial charge on any atom is -0.0622 e. The van der Waals surface area contributed by atoms with Crippen LogP contribution in [0.1, 0.15) is 11.1 Å². The molecule has 1 aliphatic rings. The van der Waals surface area contributed by atoms with Crippen LogP contribution in [0.25, 0.3) is 65.7 Å². The van der Waals surface area contributed by atoms with Crippen molar-refractivity contribution in [2.24, 2.45) is 0 Å². The summed E-state index contributed by atoms with van der Waals surface area (Å²) in [5, 5.41) is 7.88. The second-order valence-electron chi connectivity index (χ2n) is 10.4. The molecule has 0 saturated heterocycles. The van der Waals surface area contributed by atoms with Gasteiger partial charge in [-0.1, -0.05) is 121 Å². The lowest BCUT2D eigenvalue weighted by Crippen LogP contribution is -2.05. The number of rotatable bonds is 2. The average Bonchev–Trinajstić information content (AvgIpc) is 2.99. The van der Waals surface area contributed by atoms with Crippen molar-refractivity contribution in [3.8, 4) is 33.4 Å². The van der Waals surface area contributed by atoms with Gasteiger partial charge >= 0.3 is 0 Å². The molecule has 0 fully saturated rings. The molecule has 0 heteroatoms. The quantitative estimate of drug-likeness (QED) is 0.215. The van der Waals surface area contributed by atoms with Crippen LogP contribution >= 0.6 is 0 Å². The Morgan fingerprint density at radius 2 is 0.974 bits per heavy atom. The molecule has 7 aromatic carbocycles. The van der Waals surface area contributed by atoms with Crippen LogP contribution in [0.4, 0.5) is 0 Å². The van der Waals surface area contributed by atoms with Gasteiger partial charge in [0.2, 0.25) is 0 Å². The molecule has 1 aliphatic carbocycles. The first-order chi connectivity index (χ1) is 18.9. The van der Waals surface area contributed by atoms with E-state index in [2.05, 4.69) is 133 Å². The molecule has 0 aliphatic heterocycles. The molecule has 0 nitrogen and oxygen atoms in total. The van der Waals surface area contributed by atoms with Crippen molar-refractivity contribution in [1.82, 2.24) is 0 Å². The van der Waals surface area contributed by atoms with Gasteiger partial charge in [-0.15, -0.1) is 0 Å². The van der Waals surface area contributed by atoms with Crippen molar-refractivity contribution in [2.45, 2.75) is 12.8 Å². The van der Waals surface area contributed by atoms with Crippen LogP contribution in [0.3, 0.4) is 0 Å². The maximum absolute atomic E-state index is 2.49. The maximum atomic E-state index is 2.49. The van der Waals surface area contributed by atoms with Gasteiger partial charge in [-0.3, -0.25) is 0 Å². The molecule has 178 valence electrons. The first-order valence-electron chi connectivity index (χ1n) is 13.5. The minimum atomic E-state index is 1.08. The smallest absolute Gasteiger partial charge is 0.00266 e. The highest BCUT2D eigenvalue weighted by molar-refractivity contribution is 6.18. The van der Waals surface area contributed by atoms with Crippen molar-refractivity contribution in [1.29, 1.82) is 0 Å². The van der Waals surface area contributed by atoms with Gasteiger partial charge in [-0.2, -0.15) is 0 Å². The zero-order valence-corrected chi connectivity index (χ0v) is 21.1. The first-order valence-corrected chi connectivity index (χ1v) is 13.5. The zero-order chi connectivity index (χ0) is 25.1. The lowest BCUT2D eigenvalue weighted by Gasteiger charge is -2.24. The van der Waals surface area contributed by atoms with Crippen molar-refractivity contribution < 1.29 is 0 Å². The molecule has 0 spiro atoms. The van der Waals surface area contributed by atoms with Crippen LogP contribution in [0.2, 0.25) is 0 Å². The van der Waals surface area contributed by atoms with Gasteiger partial charge in [0.05, 0.1) is 0 Å². The van der Waals surface area contributed by atoms with E-state index in [1.807, 2.05) is 0 Å². The van der Waals surface area contributed by atoms with Crippen LogP contribution in [0.15, 0.2) is 133 Å². The summed E-state index contributed by atoms with van der Waals surface area (Å²) in [7, 11) is 0. The summed E-state index contributed by atoms with van der Waals surface area (Å²) in [6, 6.07) is 49.3. The summed E-state index contributed by atoms with van der Waals surface area (Å²) < 4.78 is 0. The Hall–Kier alpha value is -4.68. The fraction of sp³-hybridized carbons (Fsp3) is 0.0526. The number of hydrogen-bond acceptors (Lipinski definition) is 0. The van der Waals surface area contributed by atoms with E-state index >= 15 is 0 Å². The molecule has 0 radical (unpaired) electrons. The van der Waals surface area contributed by atoms with E-state index in [0.29, 0.717) is 0 Å². The highest BCUT2D eigenvalue weighted by atomic mass is 14.2. The molecule has 0 N–H and O–H groups in total. The highest BCUT2D eigenvalue weighted by Crippen LogP contribution is 2.46. The zero-order valence-electron chi connectivity index (χ0n) is 21.1. The minimum absolute atomic E-state index is 1.08. The van der Waals surface area contributed by atoms with Crippen molar-refractivity contribution in [3.05, 3.63) is 145 Å². The lowest BCUT2D eigenvalue weighted by atomic mass is 9.80. The Morgan fingerprint density at radius 3 is 1.87 bits per heavy atom. The number of benzene rings is 7. The molecule has 0 unspecified atom stereocenters. The third kappa shape index (κ3) is 3.17. The largest absolute Gasteiger partial charge is 0.0622 e. The second-order valence-corrected chi connectivity index (χ2v) is 10.4. The Bertz CT molecular complexity index is 2010. The standard InChI is InChI=1S/C38H26/c1-2-12-26(13-3-1)37-30-16-7-5-14-27(30)23-36-32(19-10-20-34(36)37)35-24-28-22-21-25-11-4-6-15-29(25)38(28)33-18-9-8-17-31(33)35/h1-20,23-24H,21-22H2. The summed E-state index contributed by atoms with van der Waals surface area (Å²) in [5.41, 5.74) is 11.0. The van der Waals surface area contributed by atoms with E-state index in [1.54, 1.807) is 0 Å². The summed E-state index contributed by atoms with van der Waals surface area (Å²) in [6.07, 6.45) is 2.17. The Balaban J connectivity index is 1.49. The van der Waals surface area contributed by atoms with Crippen LogP contribution in [0, 0.1) is 0 Å². The van der Waals surface area contributed by atoms with Gasteiger partial charge in [0.25, 0.3) is 0 Å². The van der Waals surface area contributed by atoms with Gasteiger partial charge in [-0.25, -0.2) is 0 Å². The molecular formula is C38H26. The van der Waals surface area contributed by atoms with Gasteiger partial charge in [0.1, 0.15) is 0 Å². The normalized spacial score (nSPS) is 12.5. The molecule has 0 atom stereocenters. The fourth-order valence-corrected chi connectivity index (χ4v) is 6.66. The first kappa shape index (κ1) is 21.4. The second kappa shape index (κ2) is 8.43. The van der Waals surface area contributed by atoms with Crippen molar-refractivity contribution >= 4 is 32.3 Å². The third-order valence-electron chi connectivity index (χ3n) is 8.33. The molecule has 8 rings (SSSR count). The van der Waals surface area contributed by atoms with E-state index < -0.39 is 0 Å². The monoisotopic (exact) mass is 482 g/mol. The van der Waals surface area contributed by atoms with Crippen molar-refractivity contribution in [3.63, 3.8) is 0 Å². The van der Waals surface area contributed by atoms with Crippen molar-refractivity contribution in [2.75, 3.05) is 0 Å². The number of hydrogen-bond donors (Lipinski definition) is 0. The summed E-state index contributed by atoms with van der Waals surface area (Å²) in [5.74, 6) is 0. The lowest BCUT2D eigenvalue weighted by molar-refractivity contribution is 0.945.